The minimum atomic E-state index is 0.393. The summed E-state index contributed by atoms with van der Waals surface area (Å²) in [6.07, 6.45) is 21.3. The van der Waals surface area contributed by atoms with Crippen LogP contribution in [0.3, 0.4) is 0 Å². The number of rotatable bonds is 7. The van der Waals surface area contributed by atoms with Crippen molar-refractivity contribution in [1.82, 2.24) is 0 Å². The molecule has 0 fully saturated rings. The SMILES string of the molecule is CCCCCCOc1ccc(C2=CC3=Cc4ccccc4C4=CC=C5C=CC=C2C5C34)cc1. The molecule has 6 rings (SSSR count). The van der Waals surface area contributed by atoms with E-state index in [0.29, 0.717) is 11.8 Å². The summed E-state index contributed by atoms with van der Waals surface area (Å²) in [7, 11) is 0. The molecule has 0 aliphatic heterocycles. The molecule has 0 amide bonds. The van der Waals surface area contributed by atoms with Crippen molar-refractivity contribution in [3.05, 3.63) is 118 Å². The first-order valence-electron chi connectivity index (χ1n) is 12.4. The molecule has 164 valence electrons. The topological polar surface area (TPSA) is 9.23 Å². The maximum Gasteiger partial charge on any atom is 0.119 e. The van der Waals surface area contributed by atoms with Crippen LogP contribution < -0.4 is 4.74 Å². The maximum absolute atomic E-state index is 5.99. The summed E-state index contributed by atoms with van der Waals surface area (Å²) in [5.41, 5.74) is 11.1. The van der Waals surface area contributed by atoms with Crippen molar-refractivity contribution < 1.29 is 4.74 Å². The molecule has 0 N–H and O–H groups in total. The highest BCUT2D eigenvalue weighted by Gasteiger charge is 2.41. The fourth-order valence-electron chi connectivity index (χ4n) is 5.77. The van der Waals surface area contributed by atoms with Crippen LogP contribution in [0.25, 0.3) is 17.2 Å². The van der Waals surface area contributed by atoms with E-state index in [9.17, 15) is 0 Å². The second kappa shape index (κ2) is 8.56. The van der Waals surface area contributed by atoms with Crippen LogP contribution >= 0.6 is 0 Å². The number of hydrogen-bond donors (Lipinski definition) is 0. The fourth-order valence-corrected chi connectivity index (χ4v) is 5.77. The Morgan fingerprint density at radius 2 is 1.61 bits per heavy atom. The van der Waals surface area contributed by atoms with Crippen LogP contribution in [0, 0.1) is 11.8 Å². The molecular formula is C32H30O. The minimum Gasteiger partial charge on any atom is -0.494 e. The van der Waals surface area contributed by atoms with E-state index >= 15 is 0 Å². The van der Waals surface area contributed by atoms with E-state index in [4.69, 9.17) is 4.74 Å². The van der Waals surface area contributed by atoms with Gasteiger partial charge < -0.3 is 4.74 Å². The summed E-state index contributed by atoms with van der Waals surface area (Å²) in [6, 6.07) is 17.5. The molecule has 0 radical (unpaired) electrons. The Bertz CT molecular complexity index is 1260. The van der Waals surface area contributed by atoms with Gasteiger partial charge in [0.05, 0.1) is 6.61 Å². The summed E-state index contributed by atoms with van der Waals surface area (Å²) in [4.78, 5) is 0. The summed E-state index contributed by atoms with van der Waals surface area (Å²) >= 11 is 0. The largest absolute Gasteiger partial charge is 0.494 e. The summed E-state index contributed by atoms with van der Waals surface area (Å²) in [5, 5.41) is 0. The monoisotopic (exact) mass is 430 g/mol. The highest BCUT2D eigenvalue weighted by atomic mass is 16.5. The molecule has 0 bridgehead atoms. The Kier molecular flexibility index (Phi) is 5.26. The van der Waals surface area contributed by atoms with E-state index in [2.05, 4.69) is 98.0 Å². The van der Waals surface area contributed by atoms with E-state index in [1.807, 2.05) is 0 Å². The molecule has 1 heteroatoms. The molecule has 1 nitrogen and oxygen atoms in total. The molecule has 0 spiro atoms. The first-order chi connectivity index (χ1) is 16.3. The highest BCUT2D eigenvalue weighted by Crippen LogP contribution is 2.55. The maximum atomic E-state index is 5.99. The lowest BCUT2D eigenvalue weighted by Crippen LogP contribution is -2.30. The third kappa shape index (κ3) is 3.56. The third-order valence-corrected chi connectivity index (χ3v) is 7.39. The van der Waals surface area contributed by atoms with Crippen LogP contribution in [-0.2, 0) is 0 Å². The molecule has 0 heterocycles. The Hall–Kier alpha value is -3.32. The van der Waals surface area contributed by atoms with Crippen molar-refractivity contribution in [2.45, 2.75) is 32.6 Å². The van der Waals surface area contributed by atoms with Gasteiger partial charge in [-0.15, -0.1) is 0 Å². The molecule has 2 aromatic rings. The molecular weight excluding hydrogens is 400 g/mol. The Morgan fingerprint density at radius 3 is 2.48 bits per heavy atom. The highest BCUT2D eigenvalue weighted by molar-refractivity contribution is 5.94. The summed E-state index contributed by atoms with van der Waals surface area (Å²) < 4.78 is 5.99. The predicted molar refractivity (Wildman–Crippen MR) is 139 cm³/mol. The van der Waals surface area contributed by atoms with E-state index in [0.717, 1.165) is 18.8 Å². The zero-order valence-electron chi connectivity index (χ0n) is 19.3. The molecule has 0 saturated carbocycles. The van der Waals surface area contributed by atoms with Gasteiger partial charge in [-0.05, 0) is 63.1 Å². The summed E-state index contributed by atoms with van der Waals surface area (Å²) in [6.45, 7) is 3.04. The van der Waals surface area contributed by atoms with Gasteiger partial charge in [-0.25, -0.2) is 0 Å². The Balaban J connectivity index is 1.35. The molecule has 2 atom stereocenters. The van der Waals surface area contributed by atoms with Gasteiger partial charge in [0.1, 0.15) is 5.75 Å². The first-order valence-corrected chi connectivity index (χ1v) is 12.4. The lowest BCUT2D eigenvalue weighted by molar-refractivity contribution is 0.305. The van der Waals surface area contributed by atoms with Crippen LogP contribution in [0.2, 0.25) is 0 Å². The number of unbranched alkanes of at least 4 members (excludes halogenated alkanes) is 3. The van der Waals surface area contributed by atoms with Crippen molar-refractivity contribution in [2.24, 2.45) is 11.8 Å². The molecule has 4 aliphatic rings. The molecule has 0 aromatic heterocycles. The molecule has 4 aliphatic carbocycles. The van der Waals surface area contributed by atoms with Crippen LogP contribution in [0.5, 0.6) is 5.75 Å². The van der Waals surface area contributed by atoms with Crippen molar-refractivity contribution in [3.8, 4) is 5.75 Å². The number of ether oxygens (including phenoxy) is 1. The van der Waals surface area contributed by atoms with Crippen molar-refractivity contribution in [2.75, 3.05) is 6.61 Å². The van der Waals surface area contributed by atoms with E-state index in [1.165, 1.54) is 63.8 Å². The van der Waals surface area contributed by atoms with Crippen LogP contribution in [0.1, 0.15) is 49.3 Å². The van der Waals surface area contributed by atoms with Crippen LogP contribution in [0.15, 0.2) is 102 Å². The van der Waals surface area contributed by atoms with Gasteiger partial charge in [-0.3, -0.25) is 0 Å². The second-order valence-electron chi connectivity index (χ2n) is 9.45. The minimum absolute atomic E-state index is 0.393. The number of allylic oxidation sites excluding steroid dienone is 11. The number of fused-ring (bicyclic) bond motifs is 2. The zero-order chi connectivity index (χ0) is 22.2. The van der Waals surface area contributed by atoms with Crippen molar-refractivity contribution in [3.63, 3.8) is 0 Å². The molecule has 0 saturated heterocycles. The average Bonchev–Trinajstić information content (AvgIpc) is 2.87. The fraction of sp³-hybridized carbons (Fsp3) is 0.250. The van der Waals surface area contributed by atoms with E-state index < -0.39 is 0 Å². The van der Waals surface area contributed by atoms with E-state index in [1.54, 1.807) is 0 Å². The van der Waals surface area contributed by atoms with E-state index in [-0.39, 0.29) is 0 Å². The Morgan fingerprint density at radius 1 is 0.758 bits per heavy atom. The Labute approximate surface area is 197 Å². The van der Waals surface area contributed by atoms with Gasteiger partial charge in [-0.1, -0.05) is 105 Å². The third-order valence-electron chi connectivity index (χ3n) is 7.39. The lowest BCUT2D eigenvalue weighted by atomic mass is 9.60. The van der Waals surface area contributed by atoms with Crippen LogP contribution in [0.4, 0.5) is 0 Å². The van der Waals surface area contributed by atoms with Crippen molar-refractivity contribution >= 4 is 17.2 Å². The van der Waals surface area contributed by atoms with Gasteiger partial charge in [0.15, 0.2) is 0 Å². The normalized spacial score (nSPS) is 21.7. The zero-order valence-corrected chi connectivity index (χ0v) is 19.3. The number of hydrogen-bond acceptors (Lipinski definition) is 1. The van der Waals surface area contributed by atoms with Gasteiger partial charge >= 0.3 is 0 Å². The first kappa shape index (κ1) is 20.3. The van der Waals surface area contributed by atoms with Gasteiger partial charge in [0.2, 0.25) is 0 Å². The predicted octanol–water partition coefficient (Wildman–Crippen LogP) is 8.19. The average molecular weight is 431 g/mol. The van der Waals surface area contributed by atoms with Gasteiger partial charge in [-0.2, -0.15) is 0 Å². The molecule has 33 heavy (non-hydrogen) atoms. The second-order valence-corrected chi connectivity index (χ2v) is 9.45. The standard InChI is InChI=1S/C32H30O/c1-2-3-4-7-19-33-26-16-13-22(14-17-26)30-21-25-20-24-9-5-6-11-27(24)29-18-15-23-10-8-12-28(30)31(23)32(25)29/h5-6,8-18,20-21,31-32H,2-4,7,19H2,1H3. The quantitative estimate of drug-likeness (QED) is 0.402. The molecule has 2 unspecified atom stereocenters. The van der Waals surface area contributed by atoms with Crippen molar-refractivity contribution in [1.29, 1.82) is 0 Å². The molecule has 2 aromatic carbocycles. The number of benzene rings is 2. The summed E-state index contributed by atoms with van der Waals surface area (Å²) in [5.74, 6) is 1.77. The van der Waals surface area contributed by atoms with Crippen LogP contribution in [-0.4, -0.2) is 6.61 Å². The lowest BCUT2D eigenvalue weighted by Gasteiger charge is -2.43. The van der Waals surface area contributed by atoms with Gasteiger partial charge in [0.25, 0.3) is 0 Å². The van der Waals surface area contributed by atoms with Gasteiger partial charge in [0, 0.05) is 11.8 Å². The smallest absolute Gasteiger partial charge is 0.119 e.